The molecular weight excluding hydrogens is 140 g/mol. The Labute approximate surface area is 66.7 Å². The molecule has 0 radical (unpaired) electrons. The normalized spacial score (nSPS) is 11.8. The van der Waals surface area contributed by atoms with Crippen LogP contribution in [0.15, 0.2) is 12.7 Å². The van der Waals surface area contributed by atoms with Crippen LogP contribution in [0.25, 0.3) is 0 Å². The lowest BCUT2D eigenvalue weighted by Gasteiger charge is -2.12. The second kappa shape index (κ2) is 4.51. The standard InChI is InChI=1S/C8H12N2O/c1-4-8(11)10-7(5-9)6(2)3/h4,6-7H,1H2,2-3H3,(H,10,11)/t7-/m0/s1. The SMILES string of the molecule is C=CC(=O)N[C@@H](C#N)C(C)C. The minimum atomic E-state index is -0.416. The molecule has 0 saturated carbocycles. The summed E-state index contributed by atoms with van der Waals surface area (Å²) in [7, 11) is 0. The van der Waals surface area contributed by atoms with Gasteiger partial charge < -0.3 is 5.32 Å². The van der Waals surface area contributed by atoms with Crippen molar-refractivity contribution in [1.29, 1.82) is 5.26 Å². The fraction of sp³-hybridized carbons (Fsp3) is 0.500. The molecule has 1 N–H and O–H groups in total. The van der Waals surface area contributed by atoms with Crippen molar-refractivity contribution in [2.75, 3.05) is 0 Å². The highest BCUT2D eigenvalue weighted by molar-refractivity contribution is 5.87. The summed E-state index contributed by atoms with van der Waals surface area (Å²) < 4.78 is 0. The molecule has 3 nitrogen and oxygen atoms in total. The maximum Gasteiger partial charge on any atom is 0.244 e. The highest BCUT2D eigenvalue weighted by Gasteiger charge is 2.12. The number of carbonyl (C=O) groups is 1. The van der Waals surface area contributed by atoms with Crippen LogP contribution in [0.3, 0.4) is 0 Å². The molecule has 0 aliphatic rings. The van der Waals surface area contributed by atoms with Gasteiger partial charge in [-0.3, -0.25) is 4.79 Å². The maximum atomic E-state index is 10.7. The zero-order valence-electron chi connectivity index (χ0n) is 6.79. The molecule has 0 bridgehead atoms. The number of hydrogen-bond acceptors (Lipinski definition) is 2. The molecule has 0 heterocycles. The van der Waals surface area contributed by atoms with Crippen LogP contribution in [-0.2, 0) is 4.79 Å². The molecule has 1 atom stereocenters. The fourth-order valence-electron chi connectivity index (χ4n) is 0.560. The van der Waals surface area contributed by atoms with Crippen LogP contribution >= 0.6 is 0 Å². The van der Waals surface area contributed by atoms with E-state index in [2.05, 4.69) is 11.9 Å². The molecule has 0 saturated heterocycles. The van der Waals surface area contributed by atoms with Crippen molar-refractivity contribution >= 4 is 5.91 Å². The molecule has 0 rings (SSSR count). The van der Waals surface area contributed by atoms with Crippen LogP contribution in [0.2, 0.25) is 0 Å². The highest BCUT2D eigenvalue weighted by Crippen LogP contribution is 1.98. The van der Waals surface area contributed by atoms with Gasteiger partial charge in [-0.15, -0.1) is 0 Å². The van der Waals surface area contributed by atoms with Crippen molar-refractivity contribution in [3.63, 3.8) is 0 Å². The fourth-order valence-corrected chi connectivity index (χ4v) is 0.560. The lowest BCUT2D eigenvalue weighted by molar-refractivity contribution is -0.117. The second-order valence-corrected chi connectivity index (χ2v) is 2.56. The molecule has 0 aliphatic carbocycles. The smallest absolute Gasteiger partial charge is 0.244 e. The molecule has 0 unspecified atom stereocenters. The Bertz CT molecular complexity index is 191. The molecule has 0 fully saturated rings. The first kappa shape index (κ1) is 9.70. The third kappa shape index (κ3) is 3.41. The first-order chi connectivity index (χ1) is 5.11. The number of amides is 1. The third-order valence-corrected chi connectivity index (χ3v) is 1.29. The Kier molecular flexibility index (Phi) is 3.97. The third-order valence-electron chi connectivity index (χ3n) is 1.29. The summed E-state index contributed by atoms with van der Waals surface area (Å²) in [4.78, 5) is 10.7. The van der Waals surface area contributed by atoms with Crippen LogP contribution in [0.4, 0.5) is 0 Å². The van der Waals surface area contributed by atoms with E-state index in [1.165, 1.54) is 0 Å². The van der Waals surface area contributed by atoms with Crippen molar-refractivity contribution in [2.24, 2.45) is 5.92 Å². The lowest BCUT2D eigenvalue weighted by atomic mass is 10.1. The largest absolute Gasteiger partial charge is 0.337 e. The van der Waals surface area contributed by atoms with Crippen LogP contribution in [0.1, 0.15) is 13.8 Å². The summed E-state index contributed by atoms with van der Waals surface area (Å²) in [5.41, 5.74) is 0. The van der Waals surface area contributed by atoms with Gasteiger partial charge in [-0.2, -0.15) is 5.26 Å². The molecule has 0 aromatic heterocycles. The number of rotatable bonds is 3. The first-order valence-electron chi connectivity index (χ1n) is 3.44. The predicted octanol–water partition coefficient (Wildman–Crippen LogP) is 0.837. The molecule has 60 valence electrons. The molecule has 0 spiro atoms. The minimum absolute atomic E-state index is 0.129. The van der Waals surface area contributed by atoms with Crippen molar-refractivity contribution in [1.82, 2.24) is 5.32 Å². The average Bonchev–Trinajstić information content (AvgIpc) is 1.99. The van der Waals surface area contributed by atoms with E-state index in [1.54, 1.807) is 0 Å². The van der Waals surface area contributed by atoms with E-state index in [-0.39, 0.29) is 11.8 Å². The van der Waals surface area contributed by atoms with E-state index in [4.69, 9.17) is 5.26 Å². The minimum Gasteiger partial charge on any atom is -0.337 e. The van der Waals surface area contributed by atoms with Gasteiger partial charge in [0.15, 0.2) is 0 Å². The summed E-state index contributed by atoms with van der Waals surface area (Å²) >= 11 is 0. The van der Waals surface area contributed by atoms with Gasteiger partial charge >= 0.3 is 0 Å². The zero-order chi connectivity index (χ0) is 8.85. The van der Waals surface area contributed by atoms with Gasteiger partial charge in [-0.05, 0) is 12.0 Å². The Balaban J connectivity index is 4.01. The number of nitrogens with one attached hydrogen (secondary N) is 1. The van der Waals surface area contributed by atoms with E-state index >= 15 is 0 Å². The Hall–Kier alpha value is -1.30. The summed E-state index contributed by atoms with van der Waals surface area (Å²) in [6.07, 6.45) is 1.16. The number of nitrogens with zero attached hydrogens (tertiary/aromatic N) is 1. The van der Waals surface area contributed by atoms with Gasteiger partial charge in [0.2, 0.25) is 5.91 Å². The highest BCUT2D eigenvalue weighted by atomic mass is 16.1. The first-order valence-corrected chi connectivity index (χ1v) is 3.44. The Morgan fingerprint density at radius 3 is 2.55 bits per heavy atom. The van der Waals surface area contributed by atoms with Crippen molar-refractivity contribution in [3.8, 4) is 6.07 Å². The molecule has 11 heavy (non-hydrogen) atoms. The van der Waals surface area contributed by atoms with Gasteiger partial charge in [-0.1, -0.05) is 20.4 Å². The van der Waals surface area contributed by atoms with Crippen molar-refractivity contribution in [2.45, 2.75) is 19.9 Å². The summed E-state index contributed by atoms with van der Waals surface area (Å²) in [5, 5.41) is 11.0. The number of carbonyl (C=O) groups excluding carboxylic acids is 1. The van der Waals surface area contributed by atoms with Crippen molar-refractivity contribution < 1.29 is 4.79 Å². The van der Waals surface area contributed by atoms with Crippen LogP contribution < -0.4 is 5.32 Å². The van der Waals surface area contributed by atoms with Crippen LogP contribution in [-0.4, -0.2) is 11.9 Å². The number of nitriles is 1. The van der Waals surface area contributed by atoms with E-state index in [1.807, 2.05) is 19.9 Å². The molecule has 1 amide bonds. The van der Waals surface area contributed by atoms with Crippen molar-refractivity contribution in [3.05, 3.63) is 12.7 Å². The van der Waals surface area contributed by atoms with E-state index in [9.17, 15) is 4.79 Å². The average molecular weight is 152 g/mol. The molecule has 3 heteroatoms. The topological polar surface area (TPSA) is 52.9 Å². The monoisotopic (exact) mass is 152 g/mol. The number of hydrogen-bond donors (Lipinski definition) is 1. The van der Waals surface area contributed by atoms with Crippen LogP contribution in [0.5, 0.6) is 0 Å². The zero-order valence-corrected chi connectivity index (χ0v) is 6.79. The maximum absolute atomic E-state index is 10.7. The second-order valence-electron chi connectivity index (χ2n) is 2.56. The quantitative estimate of drug-likeness (QED) is 0.609. The summed E-state index contributed by atoms with van der Waals surface area (Å²) in [5.74, 6) is -0.172. The summed E-state index contributed by atoms with van der Waals surface area (Å²) in [6, 6.07) is 1.57. The van der Waals surface area contributed by atoms with Crippen LogP contribution in [0, 0.1) is 17.2 Å². The molecule has 0 aliphatic heterocycles. The Morgan fingerprint density at radius 1 is 1.73 bits per heavy atom. The van der Waals surface area contributed by atoms with Gasteiger partial charge in [0.05, 0.1) is 6.07 Å². The van der Waals surface area contributed by atoms with Gasteiger partial charge in [-0.25, -0.2) is 0 Å². The Morgan fingerprint density at radius 2 is 2.27 bits per heavy atom. The summed E-state index contributed by atoms with van der Waals surface area (Å²) in [6.45, 7) is 7.03. The molecular formula is C8H12N2O. The van der Waals surface area contributed by atoms with Gasteiger partial charge in [0.1, 0.15) is 6.04 Å². The van der Waals surface area contributed by atoms with E-state index in [0.29, 0.717) is 0 Å². The van der Waals surface area contributed by atoms with E-state index < -0.39 is 6.04 Å². The predicted molar refractivity (Wildman–Crippen MR) is 42.6 cm³/mol. The van der Waals surface area contributed by atoms with Gasteiger partial charge in [0, 0.05) is 0 Å². The van der Waals surface area contributed by atoms with Gasteiger partial charge in [0.25, 0.3) is 0 Å². The van der Waals surface area contributed by atoms with E-state index in [0.717, 1.165) is 6.08 Å². The molecule has 0 aromatic carbocycles. The lowest BCUT2D eigenvalue weighted by Crippen LogP contribution is -2.36. The molecule has 0 aromatic rings.